The molecule has 5 rings (SSSR count). The molecule has 184 valence electrons. The van der Waals surface area contributed by atoms with E-state index in [0.29, 0.717) is 41.2 Å². The van der Waals surface area contributed by atoms with Gasteiger partial charge in [0, 0.05) is 34.2 Å². The van der Waals surface area contributed by atoms with Gasteiger partial charge in [0.2, 0.25) is 0 Å². The van der Waals surface area contributed by atoms with Crippen molar-refractivity contribution in [2.75, 3.05) is 11.1 Å². The summed E-state index contributed by atoms with van der Waals surface area (Å²) in [7, 11) is 0. The third-order valence-corrected chi connectivity index (χ3v) is 6.78. The van der Waals surface area contributed by atoms with Crippen molar-refractivity contribution in [1.82, 2.24) is 15.0 Å². The molecule has 0 aliphatic heterocycles. The van der Waals surface area contributed by atoms with Crippen molar-refractivity contribution in [3.05, 3.63) is 112 Å². The predicted octanol–water partition coefficient (Wildman–Crippen LogP) is 5.66. The van der Waals surface area contributed by atoms with E-state index in [4.69, 9.17) is 5.73 Å². The number of para-hydroxylation sites is 1. The number of amides is 1. The first kappa shape index (κ1) is 23.9. The number of nitro groups is 1. The van der Waals surface area contributed by atoms with Gasteiger partial charge in [0.15, 0.2) is 0 Å². The Kier molecular flexibility index (Phi) is 6.73. The Bertz CT molecular complexity index is 1580. The highest BCUT2D eigenvalue weighted by atomic mass is 32.1. The van der Waals surface area contributed by atoms with E-state index in [2.05, 4.69) is 15.6 Å². The number of rotatable bonds is 8. The monoisotopic (exact) mass is 510 g/mol. The number of carbonyl (C=O) groups excluding carboxylic acids is 1. The number of hydrogen-bond acceptors (Lipinski definition) is 7. The highest BCUT2D eigenvalue weighted by Crippen LogP contribution is 2.30. The van der Waals surface area contributed by atoms with Crippen LogP contribution >= 0.6 is 11.3 Å². The lowest BCUT2D eigenvalue weighted by atomic mass is 10.1. The number of aryl methyl sites for hydroxylation is 2. The number of thiophene rings is 1. The van der Waals surface area contributed by atoms with Gasteiger partial charge in [0.25, 0.3) is 11.6 Å². The standard InChI is InChI=1S/C27H22N6O3S/c28-22-11-10-20(26-9-4-14-37-26)16-23(22)29-27(34)21-7-3-6-19(15-21)24-17-32(31-30-24)13-12-18-5-1-2-8-25(18)33(35)36/h1-11,14-17H,12-13,28H2,(H,29,34). The molecule has 0 radical (unpaired) electrons. The second-order valence-electron chi connectivity index (χ2n) is 8.32. The van der Waals surface area contributed by atoms with Gasteiger partial charge in [-0.3, -0.25) is 19.6 Å². The molecule has 1 amide bonds. The first-order valence-corrected chi connectivity index (χ1v) is 12.3. The van der Waals surface area contributed by atoms with E-state index < -0.39 is 0 Å². The van der Waals surface area contributed by atoms with Gasteiger partial charge in [-0.25, -0.2) is 0 Å². The first-order valence-electron chi connectivity index (χ1n) is 11.5. The molecule has 2 aromatic heterocycles. The lowest BCUT2D eigenvalue weighted by molar-refractivity contribution is -0.385. The maximum atomic E-state index is 13.0. The average molecular weight is 511 g/mol. The van der Waals surface area contributed by atoms with E-state index in [1.54, 1.807) is 64.7 Å². The maximum Gasteiger partial charge on any atom is 0.272 e. The van der Waals surface area contributed by atoms with Crippen LogP contribution in [0, 0.1) is 10.1 Å². The van der Waals surface area contributed by atoms with Crippen LogP contribution < -0.4 is 11.1 Å². The Labute approximate surface area is 216 Å². The van der Waals surface area contributed by atoms with E-state index in [-0.39, 0.29) is 16.5 Å². The molecule has 0 spiro atoms. The van der Waals surface area contributed by atoms with E-state index in [0.717, 1.165) is 16.0 Å². The second-order valence-corrected chi connectivity index (χ2v) is 9.26. The van der Waals surface area contributed by atoms with E-state index >= 15 is 0 Å². The average Bonchev–Trinajstić information content (AvgIpc) is 3.62. The molecule has 0 aliphatic carbocycles. The first-order chi connectivity index (χ1) is 18.0. The Hall–Kier alpha value is -4.83. The highest BCUT2D eigenvalue weighted by Gasteiger charge is 2.14. The van der Waals surface area contributed by atoms with Crippen molar-refractivity contribution in [3.63, 3.8) is 0 Å². The molecule has 10 heteroatoms. The molecule has 2 heterocycles. The summed E-state index contributed by atoms with van der Waals surface area (Å²) in [5, 5.41) is 24.5. The lowest BCUT2D eigenvalue weighted by Crippen LogP contribution is -2.13. The van der Waals surface area contributed by atoms with E-state index in [1.807, 2.05) is 35.7 Å². The summed E-state index contributed by atoms with van der Waals surface area (Å²) in [6.07, 6.45) is 2.20. The summed E-state index contributed by atoms with van der Waals surface area (Å²) in [5.74, 6) is -0.291. The summed E-state index contributed by atoms with van der Waals surface area (Å²) in [6.45, 7) is 0.428. The van der Waals surface area contributed by atoms with Crippen molar-refractivity contribution in [2.24, 2.45) is 0 Å². The Morgan fingerprint density at radius 2 is 1.89 bits per heavy atom. The van der Waals surface area contributed by atoms with Gasteiger partial charge in [0.1, 0.15) is 5.69 Å². The number of carbonyl (C=O) groups is 1. The highest BCUT2D eigenvalue weighted by molar-refractivity contribution is 7.13. The van der Waals surface area contributed by atoms with Gasteiger partial charge >= 0.3 is 0 Å². The molecule has 0 bridgehead atoms. The van der Waals surface area contributed by atoms with Crippen LogP contribution in [0.15, 0.2) is 90.4 Å². The quantitative estimate of drug-likeness (QED) is 0.157. The molecule has 3 N–H and O–H groups in total. The summed E-state index contributed by atoms with van der Waals surface area (Å²) >= 11 is 1.61. The number of nitrogens with zero attached hydrogens (tertiary/aromatic N) is 4. The van der Waals surface area contributed by atoms with E-state index in [9.17, 15) is 14.9 Å². The smallest absolute Gasteiger partial charge is 0.272 e. The Balaban J connectivity index is 1.30. The molecular weight excluding hydrogens is 488 g/mol. The number of nitrogens with one attached hydrogen (secondary N) is 1. The third-order valence-electron chi connectivity index (χ3n) is 5.86. The number of nitrogens with two attached hydrogens (primary N) is 1. The minimum atomic E-state index is -0.384. The van der Waals surface area contributed by atoms with Crippen molar-refractivity contribution >= 4 is 34.3 Å². The Morgan fingerprint density at radius 3 is 2.70 bits per heavy atom. The summed E-state index contributed by atoms with van der Waals surface area (Å²) < 4.78 is 1.63. The number of aromatic nitrogens is 3. The van der Waals surface area contributed by atoms with Crippen LogP contribution in [0.2, 0.25) is 0 Å². The largest absolute Gasteiger partial charge is 0.397 e. The van der Waals surface area contributed by atoms with Gasteiger partial charge in [-0.05, 0) is 47.7 Å². The topological polar surface area (TPSA) is 129 Å². The van der Waals surface area contributed by atoms with Gasteiger partial charge in [-0.15, -0.1) is 16.4 Å². The second kappa shape index (κ2) is 10.4. The maximum absolute atomic E-state index is 13.0. The van der Waals surface area contributed by atoms with Crippen molar-refractivity contribution in [1.29, 1.82) is 0 Å². The number of benzene rings is 3. The molecule has 0 atom stereocenters. The summed E-state index contributed by atoms with van der Waals surface area (Å²) in [5.41, 5.74) is 10.6. The zero-order chi connectivity index (χ0) is 25.8. The molecular formula is C27H22N6O3S. The van der Waals surface area contributed by atoms with Crippen LogP contribution in [0.1, 0.15) is 15.9 Å². The summed E-state index contributed by atoms with van der Waals surface area (Å²) in [4.78, 5) is 25.0. The fourth-order valence-electron chi connectivity index (χ4n) is 3.95. The van der Waals surface area contributed by atoms with Crippen LogP contribution in [0.3, 0.4) is 0 Å². The number of nitrogen functional groups attached to an aromatic ring is 1. The molecule has 0 unspecified atom stereocenters. The Morgan fingerprint density at radius 1 is 1.03 bits per heavy atom. The number of nitro benzene ring substituents is 1. The lowest BCUT2D eigenvalue weighted by Gasteiger charge is -2.10. The molecule has 0 saturated carbocycles. The van der Waals surface area contributed by atoms with Crippen molar-refractivity contribution in [2.45, 2.75) is 13.0 Å². The molecule has 5 aromatic rings. The van der Waals surface area contributed by atoms with Crippen LogP contribution in [0.25, 0.3) is 21.7 Å². The van der Waals surface area contributed by atoms with E-state index in [1.165, 1.54) is 6.07 Å². The molecule has 3 aromatic carbocycles. The van der Waals surface area contributed by atoms with Gasteiger partial charge < -0.3 is 11.1 Å². The molecule has 9 nitrogen and oxygen atoms in total. The van der Waals surface area contributed by atoms with Crippen LogP contribution in [0.5, 0.6) is 0 Å². The summed E-state index contributed by atoms with van der Waals surface area (Å²) in [6, 6.07) is 23.3. The molecule has 0 saturated heterocycles. The SMILES string of the molecule is Nc1ccc(-c2cccs2)cc1NC(=O)c1cccc(-c2cn(CCc3ccccc3[N+](=O)[O-])nn2)c1. The zero-order valence-electron chi connectivity index (χ0n) is 19.6. The zero-order valence-corrected chi connectivity index (χ0v) is 20.4. The number of hydrogen-bond donors (Lipinski definition) is 2. The molecule has 37 heavy (non-hydrogen) atoms. The predicted molar refractivity (Wildman–Crippen MR) is 144 cm³/mol. The molecule has 0 fully saturated rings. The third kappa shape index (κ3) is 5.39. The minimum absolute atomic E-state index is 0.0862. The van der Waals surface area contributed by atoms with Crippen LogP contribution in [0.4, 0.5) is 17.1 Å². The van der Waals surface area contributed by atoms with Crippen LogP contribution in [-0.4, -0.2) is 25.8 Å². The van der Waals surface area contributed by atoms with Crippen molar-refractivity contribution in [3.8, 4) is 21.7 Å². The van der Waals surface area contributed by atoms with Crippen molar-refractivity contribution < 1.29 is 9.72 Å². The number of anilines is 2. The van der Waals surface area contributed by atoms with Gasteiger partial charge in [-0.1, -0.05) is 47.7 Å². The van der Waals surface area contributed by atoms with Gasteiger partial charge in [-0.2, -0.15) is 0 Å². The fraction of sp³-hybridized carbons (Fsp3) is 0.0741. The normalized spacial score (nSPS) is 10.8. The minimum Gasteiger partial charge on any atom is -0.397 e. The van der Waals surface area contributed by atoms with Gasteiger partial charge in [0.05, 0.1) is 22.5 Å². The molecule has 0 aliphatic rings. The van der Waals surface area contributed by atoms with Crippen LogP contribution in [-0.2, 0) is 13.0 Å². The fourth-order valence-corrected chi connectivity index (χ4v) is 4.67.